The molecule has 0 unspecified atom stereocenters. The van der Waals surface area contributed by atoms with Crippen LogP contribution in [0.15, 0.2) is 18.2 Å². The van der Waals surface area contributed by atoms with Gasteiger partial charge < -0.3 is 20.3 Å². The summed E-state index contributed by atoms with van der Waals surface area (Å²) in [6.45, 7) is 2.68. The van der Waals surface area contributed by atoms with Gasteiger partial charge in [0.1, 0.15) is 6.54 Å². The quantitative estimate of drug-likeness (QED) is 0.263. The van der Waals surface area contributed by atoms with Crippen molar-refractivity contribution in [3.05, 3.63) is 18.2 Å². The molecule has 22 heavy (non-hydrogen) atoms. The molecule has 1 aromatic rings. The van der Waals surface area contributed by atoms with Crippen LogP contribution in [0.25, 0.3) is 0 Å². The van der Waals surface area contributed by atoms with Gasteiger partial charge in [-0.15, -0.1) is 12.4 Å². The Hall–Kier alpha value is -1.62. The topological polar surface area (TPSA) is 78.8 Å². The van der Waals surface area contributed by atoms with Crippen molar-refractivity contribution < 1.29 is 19.7 Å². The second-order valence-corrected chi connectivity index (χ2v) is 5.05. The molecule has 0 atom stereocenters. The molecule has 1 aromatic carbocycles. The summed E-state index contributed by atoms with van der Waals surface area (Å²) in [7, 11) is 0. The van der Waals surface area contributed by atoms with Gasteiger partial charge in [-0.05, 0) is 18.6 Å². The molecule has 0 aromatic heterocycles. The molecule has 0 aliphatic rings. The molecule has 0 heterocycles. The van der Waals surface area contributed by atoms with E-state index >= 15 is 0 Å². The van der Waals surface area contributed by atoms with Crippen LogP contribution in [0.1, 0.15) is 45.4 Å². The molecule has 1 rings (SSSR count). The standard InChI is InChI=1S/C16H25NO4.ClH/c1-2-3-4-5-6-7-10-21-16(20)12-17-13-8-9-14(18)15(19)11-13;/h8-9,11,17-19H,2-7,10,12H2,1H3;1H. The minimum absolute atomic E-state index is 0. The second-order valence-electron chi connectivity index (χ2n) is 5.05. The number of esters is 1. The van der Waals surface area contributed by atoms with Crippen molar-refractivity contribution in [3.63, 3.8) is 0 Å². The molecule has 126 valence electrons. The third kappa shape index (κ3) is 8.62. The number of hydrogen-bond donors (Lipinski definition) is 3. The number of benzene rings is 1. The zero-order valence-corrected chi connectivity index (χ0v) is 13.8. The lowest BCUT2D eigenvalue weighted by atomic mass is 10.1. The van der Waals surface area contributed by atoms with Crippen LogP contribution in [-0.2, 0) is 9.53 Å². The molecule has 0 amide bonds. The van der Waals surface area contributed by atoms with Crippen LogP contribution in [-0.4, -0.2) is 29.3 Å². The lowest BCUT2D eigenvalue weighted by Crippen LogP contribution is -2.17. The van der Waals surface area contributed by atoms with E-state index in [9.17, 15) is 15.0 Å². The molecule has 0 saturated heterocycles. The van der Waals surface area contributed by atoms with Crippen LogP contribution >= 0.6 is 12.4 Å². The van der Waals surface area contributed by atoms with Gasteiger partial charge in [-0.2, -0.15) is 0 Å². The number of phenols is 2. The van der Waals surface area contributed by atoms with E-state index in [-0.39, 0.29) is 36.4 Å². The number of rotatable bonds is 10. The highest BCUT2D eigenvalue weighted by molar-refractivity contribution is 5.85. The molecule has 0 spiro atoms. The van der Waals surface area contributed by atoms with Gasteiger partial charge >= 0.3 is 5.97 Å². The molecule has 0 aliphatic heterocycles. The van der Waals surface area contributed by atoms with E-state index in [1.807, 2.05) is 0 Å². The van der Waals surface area contributed by atoms with Gasteiger partial charge in [0.2, 0.25) is 0 Å². The number of ether oxygens (including phenoxy) is 1. The summed E-state index contributed by atoms with van der Waals surface area (Å²) in [5.74, 6) is -0.734. The number of halogens is 1. The first-order valence-electron chi connectivity index (χ1n) is 7.55. The molecule has 0 fully saturated rings. The summed E-state index contributed by atoms with van der Waals surface area (Å²) >= 11 is 0. The minimum atomic E-state index is -0.323. The lowest BCUT2D eigenvalue weighted by molar-refractivity contribution is -0.141. The van der Waals surface area contributed by atoms with Gasteiger partial charge in [-0.1, -0.05) is 39.0 Å². The number of hydrogen-bond acceptors (Lipinski definition) is 5. The Labute approximate surface area is 138 Å². The van der Waals surface area contributed by atoms with E-state index in [2.05, 4.69) is 12.2 Å². The Morgan fingerprint density at radius 2 is 1.77 bits per heavy atom. The van der Waals surface area contributed by atoms with E-state index in [1.54, 1.807) is 6.07 Å². The Kier molecular flexibility index (Phi) is 11.1. The van der Waals surface area contributed by atoms with Crippen LogP contribution in [0.5, 0.6) is 11.5 Å². The first kappa shape index (κ1) is 20.4. The summed E-state index contributed by atoms with van der Waals surface area (Å²) in [5, 5.41) is 21.3. The maximum atomic E-state index is 11.5. The van der Waals surface area contributed by atoms with Gasteiger partial charge in [0, 0.05) is 11.8 Å². The van der Waals surface area contributed by atoms with Crippen molar-refractivity contribution >= 4 is 24.1 Å². The van der Waals surface area contributed by atoms with Gasteiger partial charge in [-0.3, -0.25) is 4.79 Å². The third-order valence-corrected chi connectivity index (χ3v) is 3.17. The van der Waals surface area contributed by atoms with Crippen molar-refractivity contribution in [3.8, 4) is 11.5 Å². The fourth-order valence-electron chi connectivity index (χ4n) is 1.93. The Morgan fingerprint density at radius 1 is 1.09 bits per heavy atom. The number of phenolic OH excluding ortho intramolecular Hbond substituents is 2. The first-order valence-corrected chi connectivity index (χ1v) is 7.55. The molecule has 5 nitrogen and oxygen atoms in total. The van der Waals surface area contributed by atoms with E-state index in [1.165, 1.54) is 37.8 Å². The van der Waals surface area contributed by atoms with Gasteiger partial charge in [0.25, 0.3) is 0 Å². The Balaban J connectivity index is 0.00000441. The van der Waals surface area contributed by atoms with Crippen molar-refractivity contribution in [2.75, 3.05) is 18.5 Å². The van der Waals surface area contributed by atoms with E-state index in [0.29, 0.717) is 12.3 Å². The predicted octanol–water partition coefficient (Wildman–Crippen LogP) is 3.84. The van der Waals surface area contributed by atoms with Crippen LogP contribution < -0.4 is 5.32 Å². The third-order valence-electron chi connectivity index (χ3n) is 3.17. The monoisotopic (exact) mass is 331 g/mol. The number of nitrogens with one attached hydrogen (secondary N) is 1. The van der Waals surface area contributed by atoms with Crippen molar-refractivity contribution in [2.45, 2.75) is 45.4 Å². The van der Waals surface area contributed by atoms with E-state index in [0.717, 1.165) is 12.8 Å². The summed E-state index contributed by atoms with van der Waals surface area (Å²) in [5.41, 5.74) is 0.557. The van der Waals surface area contributed by atoms with Gasteiger partial charge in [0.05, 0.1) is 6.61 Å². The van der Waals surface area contributed by atoms with Crippen molar-refractivity contribution in [1.29, 1.82) is 0 Å². The maximum Gasteiger partial charge on any atom is 0.325 e. The minimum Gasteiger partial charge on any atom is -0.504 e. The normalized spacial score (nSPS) is 9.86. The summed E-state index contributed by atoms with van der Waals surface area (Å²) in [4.78, 5) is 11.5. The highest BCUT2D eigenvalue weighted by Gasteiger charge is 2.04. The van der Waals surface area contributed by atoms with Crippen molar-refractivity contribution in [2.24, 2.45) is 0 Å². The fraction of sp³-hybridized carbons (Fsp3) is 0.562. The zero-order valence-electron chi connectivity index (χ0n) is 13.0. The van der Waals surface area contributed by atoms with Crippen LogP contribution in [0.3, 0.4) is 0 Å². The zero-order chi connectivity index (χ0) is 15.5. The van der Waals surface area contributed by atoms with E-state index < -0.39 is 0 Å². The number of aromatic hydroxyl groups is 2. The largest absolute Gasteiger partial charge is 0.504 e. The first-order chi connectivity index (χ1) is 10.1. The number of carbonyl (C=O) groups is 1. The number of anilines is 1. The molecule has 6 heteroatoms. The average molecular weight is 332 g/mol. The number of carbonyl (C=O) groups excluding carboxylic acids is 1. The van der Waals surface area contributed by atoms with Gasteiger partial charge in [-0.25, -0.2) is 0 Å². The maximum absolute atomic E-state index is 11.5. The van der Waals surface area contributed by atoms with Crippen LogP contribution in [0, 0.1) is 0 Å². The van der Waals surface area contributed by atoms with Crippen molar-refractivity contribution in [1.82, 2.24) is 0 Å². The smallest absolute Gasteiger partial charge is 0.325 e. The Bertz CT molecular complexity index is 440. The lowest BCUT2D eigenvalue weighted by Gasteiger charge is -2.08. The average Bonchev–Trinajstić information content (AvgIpc) is 2.47. The second kappa shape index (κ2) is 12.0. The van der Waals surface area contributed by atoms with E-state index in [4.69, 9.17) is 4.74 Å². The highest BCUT2D eigenvalue weighted by Crippen LogP contribution is 2.27. The van der Waals surface area contributed by atoms with Gasteiger partial charge in [0.15, 0.2) is 11.5 Å². The van der Waals surface area contributed by atoms with Crippen LogP contribution in [0.2, 0.25) is 0 Å². The fourth-order valence-corrected chi connectivity index (χ4v) is 1.93. The summed E-state index contributed by atoms with van der Waals surface area (Å²) in [6.07, 6.45) is 6.92. The molecule has 3 N–H and O–H groups in total. The molecule has 0 saturated carbocycles. The summed E-state index contributed by atoms with van der Waals surface area (Å²) in [6, 6.07) is 4.30. The molecule has 0 aliphatic carbocycles. The number of unbranched alkanes of at least 4 members (excludes halogenated alkanes) is 5. The molecular weight excluding hydrogens is 306 g/mol. The summed E-state index contributed by atoms with van der Waals surface area (Å²) < 4.78 is 5.11. The molecular formula is C16H26ClNO4. The highest BCUT2D eigenvalue weighted by atomic mass is 35.5. The molecule has 0 bridgehead atoms. The van der Waals surface area contributed by atoms with Crippen LogP contribution in [0.4, 0.5) is 5.69 Å². The predicted molar refractivity (Wildman–Crippen MR) is 89.8 cm³/mol. The SMILES string of the molecule is CCCCCCCCOC(=O)CNc1ccc(O)c(O)c1.Cl. The Morgan fingerprint density at radius 3 is 2.45 bits per heavy atom. The molecule has 0 radical (unpaired) electrons.